The van der Waals surface area contributed by atoms with Crippen LogP contribution in [0.5, 0.6) is 0 Å². The van der Waals surface area contributed by atoms with Gasteiger partial charge in [0.25, 0.3) is 0 Å². The van der Waals surface area contributed by atoms with Crippen molar-refractivity contribution in [3.8, 4) is 44.5 Å². The van der Waals surface area contributed by atoms with Crippen molar-refractivity contribution in [3.05, 3.63) is 319 Å². The maximum absolute atomic E-state index is 2.57. The van der Waals surface area contributed by atoms with E-state index in [1.54, 1.807) is 0 Å². The molecule has 0 unspecified atom stereocenters. The van der Waals surface area contributed by atoms with Gasteiger partial charge in [-0.1, -0.05) is 243 Å². The van der Waals surface area contributed by atoms with Gasteiger partial charge in [0.1, 0.15) is 0 Å². The van der Waals surface area contributed by atoms with E-state index in [1.165, 1.54) is 38.9 Å². The summed E-state index contributed by atoms with van der Waals surface area (Å²) in [5.41, 5.74) is 25.1. The molecule has 3 heteroatoms. The molecule has 14 rings (SSSR count). The maximum Gasteiger partial charge on any atom is 0.0621 e. The number of aryl methyl sites for hydroxylation is 3. The summed E-state index contributed by atoms with van der Waals surface area (Å²) in [4.78, 5) is 7.60. The van der Waals surface area contributed by atoms with Crippen molar-refractivity contribution in [1.82, 2.24) is 0 Å². The lowest BCUT2D eigenvalue weighted by molar-refractivity contribution is 0.661. The first kappa shape index (κ1) is 51.0. The van der Waals surface area contributed by atoms with Gasteiger partial charge in [-0.15, -0.1) is 0 Å². The van der Waals surface area contributed by atoms with Crippen molar-refractivity contribution >= 4 is 72.7 Å². The van der Waals surface area contributed by atoms with Gasteiger partial charge in [0.2, 0.25) is 0 Å². The van der Waals surface area contributed by atoms with E-state index in [4.69, 9.17) is 0 Å². The van der Waals surface area contributed by atoms with Crippen LogP contribution in [0, 0.1) is 20.8 Å². The van der Waals surface area contributed by atoms with Crippen LogP contribution in [0.4, 0.5) is 51.2 Å². The average molecular weight is 1070 g/mol. The van der Waals surface area contributed by atoms with E-state index in [2.05, 4.69) is 341 Å². The van der Waals surface area contributed by atoms with Crippen LogP contribution < -0.4 is 14.7 Å². The molecule has 0 atom stereocenters. The van der Waals surface area contributed by atoms with E-state index >= 15 is 0 Å². The molecule has 0 bridgehead atoms. The number of para-hydroxylation sites is 3. The van der Waals surface area contributed by atoms with Gasteiger partial charge in [0, 0.05) is 66.4 Å². The first-order valence-electron chi connectivity index (χ1n) is 28.9. The molecule has 0 aliphatic heterocycles. The van der Waals surface area contributed by atoms with E-state index in [0.29, 0.717) is 0 Å². The second kappa shape index (κ2) is 21.0. The van der Waals surface area contributed by atoms with Crippen LogP contribution in [0.25, 0.3) is 66.1 Å². The van der Waals surface area contributed by atoms with Crippen molar-refractivity contribution in [3.63, 3.8) is 0 Å². The van der Waals surface area contributed by atoms with Gasteiger partial charge in [-0.05, 0) is 139 Å². The molecule has 3 nitrogen and oxygen atoms in total. The zero-order chi connectivity index (χ0) is 56.2. The fourth-order valence-electron chi connectivity index (χ4n) is 12.9. The minimum Gasteiger partial charge on any atom is -0.310 e. The van der Waals surface area contributed by atoms with Gasteiger partial charge < -0.3 is 14.7 Å². The lowest BCUT2D eigenvalue weighted by atomic mass is 9.81. The molecule has 0 fully saturated rings. The van der Waals surface area contributed by atoms with Gasteiger partial charge in [-0.25, -0.2) is 0 Å². The normalized spacial score (nSPS) is 12.3. The highest BCUT2D eigenvalue weighted by Crippen LogP contribution is 2.58. The Morgan fingerprint density at radius 3 is 1.04 bits per heavy atom. The van der Waals surface area contributed by atoms with Gasteiger partial charge in [-0.2, -0.15) is 0 Å². The monoisotopic (exact) mass is 1070 g/mol. The van der Waals surface area contributed by atoms with Gasteiger partial charge in [0.05, 0.1) is 28.4 Å². The van der Waals surface area contributed by atoms with Crippen LogP contribution in [0.3, 0.4) is 0 Å². The van der Waals surface area contributed by atoms with Crippen molar-refractivity contribution in [2.45, 2.75) is 40.0 Å². The van der Waals surface area contributed by atoms with Crippen LogP contribution in [0.15, 0.2) is 291 Å². The van der Waals surface area contributed by atoms with E-state index in [-0.39, 0.29) is 5.41 Å². The van der Waals surface area contributed by atoms with E-state index in [9.17, 15) is 0 Å². The highest BCUT2D eigenvalue weighted by Gasteiger charge is 2.38. The molecule has 1 aliphatic rings. The van der Waals surface area contributed by atoms with Crippen LogP contribution in [0.1, 0.15) is 41.7 Å². The van der Waals surface area contributed by atoms with E-state index in [0.717, 1.165) is 106 Å². The number of hydrogen-bond acceptors (Lipinski definition) is 3. The minimum atomic E-state index is -0.287. The molecule has 0 saturated heterocycles. The molecular weight excluding hydrogens is 1000 g/mol. The Hall–Kier alpha value is -10.2. The Morgan fingerprint density at radius 2 is 0.578 bits per heavy atom. The molecule has 398 valence electrons. The lowest BCUT2D eigenvalue weighted by Gasteiger charge is -2.35. The third-order valence-electron chi connectivity index (χ3n) is 17.0. The van der Waals surface area contributed by atoms with E-state index < -0.39 is 0 Å². The molecule has 83 heavy (non-hydrogen) atoms. The number of anilines is 9. The Labute approximate surface area is 488 Å². The Morgan fingerprint density at radius 1 is 0.241 bits per heavy atom. The SMILES string of the molecule is Cc1ccc(N(c2ccc3c(N(c4ccc(C)cc4)c4ccccc4-c4ccccc4)c4cc5c(cc4c(N(c4ccc(C)cc4)c4ccccc4-c4ccccc4)c3c2)-c2ccccc2C5(C)C)c2ccccc2-c2ccccc2)cc1. The standard InChI is InChI=1S/C80H63N3/c1-54-37-43-60(44-38-54)81(75-34-20-16-29-64(75)57-23-9-6-10-24-57)63-49-50-68-70(51-63)79(83(62-47-41-56(3)42-48-62)77-36-22-18-31-66(77)59-27-13-8-14-28-59)71-52-69-67-32-15-19-33-73(67)80(4,5)74(69)53-72(71)78(68)82(61-45-39-55(2)40-46-61)76-35-21-17-30-65(76)58-25-11-7-12-26-58/h6-53H,1-5H3. The van der Waals surface area contributed by atoms with Gasteiger partial charge in [-0.3, -0.25) is 0 Å². The summed E-state index contributed by atoms with van der Waals surface area (Å²) in [6.07, 6.45) is 0. The molecule has 0 spiro atoms. The second-order valence-electron chi connectivity index (χ2n) is 22.7. The number of fused-ring (bicyclic) bond motifs is 5. The summed E-state index contributed by atoms with van der Waals surface area (Å²) in [6.45, 7) is 11.3. The van der Waals surface area contributed by atoms with Crippen molar-refractivity contribution < 1.29 is 0 Å². The zero-order valence-corrected chi connectivity index (χ0v) is 47.6. The predicted octanol–water partition coefficient (Wildman–Crippen LogP) is 22.6. The van der Waals surface area contributed by atoms with Crippen LogP contribution in [-0.2, 0) is 5.41 Å². The molecule has 0 heterocycles. The number of hydrogen-bond donors (Lipinski definition) is 0. The van der Waals surface area contributed by atoms with Crippen LogP contribution >= 0.6 is 0 Å². The summed E-state index contributed by atoms with van der Waals surface area (Å²) in [7, 11) is 0. The topological polar surface area (TPSA) is 9.72 Å². The Kier molecular flexibility index (Phi) is 12.9. The summed E-state index contributed by atoms with van der Waals surface area (Å²) in [5, 5.41) is 4.51. The molecule has 13 aromatic rings. The molecular formula is C80H63N3. The fourth-order valence-corrected chi connectivity index (χ4v) is 12.9. The number of nitrogens with zero attached hydrogens (tertiary/aromatic N) is 3. The molecule has 0 amide bonds. The molecule has 1 aliphatic carbocycles. The van der Waals surface area contributed by atoms with Crippen molar-refractivity contribution in [1.29, 1.82) is 0 Å². The Bertz CT molecular complexity index is 4530. The largest absolute Gasteiger partial charge is 0.310 e. The molecule has 0 radical (unpaired) electrons. The second-order valence-corrected chi connectivity index (χ2v) is 22.7. The summed E-state index contributed by atoms with van der Waals surface area (Å²) in [5.74, 6) is 0. The quantitative estimate of drug-likeness (QED) is 0.0892. The number of benzene rings is 13. The first-order chi connectivity index (χ1) is 40.7. The minimum absolute atomic E-state index is 0.287. The van der Waals surface area contributed by atoms with E-state index in [1.807, 2.05) is 0 Å². The van der Waals surface area contributed by atoms with Gasteiger partial charge in [0.15, 0.2) is 0 Å². The molecule has 0 saturated carbocycles. The highest BCUT2D eigenvalue weighted by atomic mass is 15.2. The molecule has 0 aromatic heterocycles. The molecule has 13 aromatic carbocycles. The summed E-state index contributed by atoms with van der Waals surface area (Å²) in [6, 6.07) is 108. The lowest BCUT2D eigenvalue weighted by Crippen LogP contribution is -2.18. The predicted molar refractivity (Wildman–Crippen MR) is 354 cm³/mol. The van der Waals surface area contributed by atoms with Crippen LogP contribution in [-0.4, -0.2) is 0 Å². The average Bonchev–Trinajstić information content (AvgIpc) is 3.45. The third kappa shape index (κ3) is 9.03. The summed E-state index contributed by atoms with van der Waals surface area (Å²) >= 11 is 0. The summed E-state index contributed by atoms with van der Waals surface area (Å²) < 4.78 is 0. The number of rotatable bonds is 12. The smallest absolute Gasteiger partial charge is 0.0621 e. The molecule has 0 N–H and O–H groups in total. The first-order valence-corrected chi connectivity index (χ1v) is 28.9. The maximum atomic E-state index is 2.57. The highest BCUT2D eigenvalue weighted by molar-refractivity contribution is 6.25. The fraction of sp³-hybridized carbons (Fsp3) is 0.0750. The third-order valence-corrected chi connectivity index (χ3v) is 17.0. The van der Waals surface area contributed by atoms with Crippen molar-refractivity contribution in [2.75, 3.05) is 14.7 Å². The zero-order valence-electron chi connectivity index (χ0n) is 47.6. The Balaban J connectivity index is 1.20. The van der Waals surface area contributed by atoms with Gasteiger partial charge >= 0.3 is 0 Å². The van der Waals surface area contributed by atoms with Crippen molar-refractivity contribution in [2.24, 2.45) is 0 Å². The van der Waals surface area contributed by atoms with Crippen LogP contribution in [0.2, 0.25) is 0 Å².